The average molecular weight is 155 g/mol. The molecule has 62 valence electrons. The molecule has 0 aromatic rings. The lowest BCUT2D eigenvalue weighted by Gasteiger charge is -2.15. The summed E-state index contributed by atoms with van der Waals surface area (Å²) in [4.78, 5) is 12.0. The fourth-order valence-electron chi connectivity index (χ4n) is 0.851. The molecule has 3 nitrogen and oxygen atoms in total. The van der Waals surface area contributed by atoms with E-state index in [1.165, 1.54) is 0 Å². The fraction of sp³-hybridized carbons (Fsp3) is 0.625. The Morgan fingerprint density at radius 1 is 1.73 bits per heavy atom. The van der Waals surface area contributed by atoms with Crippen molar-refractivity contribution < 1.29 is 9.90 Å². The quantitative estimate of drug-likeness (QED) is 0.585. The number of aliphatic carboxylic acids is 1. The normalized spacial score (nSPS) is 9.55. The van der Waals surface area contributed by atoms with Gasteiger partial charge in [-0.05, 0) is 13.0 Å². The standard InChI is InChI=1S/C8H13NO2/c1-3-5-9(6-4-2)7-8(10)11/h1H,4-7H2,2H3,(H,10,11). The molecule has 0 heterocycles. The minimum Gasteiger partial charge on any atom is -0.480 e. The maximum atomic E-state index is 10.2. The lowest BCUT2D eigenvalue weighted by Crippen LogP contribution is -2.30. The van der Waals surface area contributed by atoms with Gasteiger partial charge in [-0.15, -0.1) is 6.42 Å². The van der Waals surface area contributed by atoms with Crippen molar-refractivity contribution in [2.45, 2.75) is 13.3 Å². The Morgan fingerprint density at radius 2 is 2.36 bits per heavy atom. The van der Waals surface area contributed by atoms with E-state index in [0.29, 0.717) is 6.54 Å². The van der Waals surface area contributed by atoms with Crippen molar-refractivity contribution in [3.05, 3.63) is 0 Å². The summed E-state index contributed by atoms with van der Waals surface area (Å²) in [5.74, 6) is 1.60. The molecule has 11 heavy (non-hydrogen) atoms. The predicted molar refractivity (Wildman–Crippen MR) is 43.2 cm³/mol. The third-order valence-electron chi connectivity index (χ3n) is 1.21. The topological polar surface area (TPSA) is 40.5 Å². The molecular weight excluding hydrogens is 142 g/mol. The second kappa shape index (κ2) is 5.75. The number of carbonyl (C=O) groups is 1. The monoisotopic (exact) mass is 155 g/mol. The van der Waals surface area contributed by atoms with Gasteiger partial charge in [0, 0.05) is 0 Å². The first-order chi connectivity index (χ1) is 5.20. The van der Waals surface area contributed by atoms with Crippen LogP contribution in [0.15, 0.2) is 0 Å². The van der Waals surface area contributed by atoms with Gasteiger partial charge in [0.2, 0.25) is 0 Å². The first kappa shape index (κ1) is 9.99. The third kappa shape index (κ3) is 5.43. The smallest absolute Gasteiger partial charge is 0.317 e. The summed E-state index contributed by atoms with van der Waals surface area (Å²) in [5, 5.41) is 8.43. The summed E-state index contributed by atoms with van der Waals surface area (Å²) in [6.45, 7) is 3.19. The van der Waals surface area contributed by atoms with Crippen LogP contribution in [0, 0.1) is 12.3 Å². The van der Waals surface area contributed by atoms with Crippen LogP contribution in [0.25, 0.3) is 0 Å². The average Bonchev–Trinajstić information content (AvgIpc) is 1.87. The lowest BCUT2D eigenvalue weighted by atomic mass is 10.4. The fourth-order valence-corrected chi connectivity index (χ4v) is 0.851. The van der Waals surface area contributed by atoms with Crippen LogP contribution in [-0.2, 0) is 4.79 Å². The van der Waals surface area contributed by atoms with Gasteiger partial charge in [-0.3, -0.25) is 9.69 Å². The highest BCUT2D eigenvalue weighted by Crippen LogP contribution is 1.89. The van der Waals surface area contributed by atoms with Gasteiger partial charge in [0.15, 0.2) is 0 Å². The zero-order valence-electron chi connectivity index (χ0n) is 6.71. The number of rotatable bonds is 5. The van der Waals surface area contributed by atoms with E-state index in [1.807, 2.05) is 6.92 Å². The molecule has 0 spiro atoms. The van der Waals surface area contributed by atoms with Crippen molar-refractivity contribution >= 4 is 5.97 Å². The highest BCUT2D eigenvalue weighted by molar-refractivity contribution is 5.69. The zero-order valence-corrected chi connectivity index (χ0v) is 6.71. The van der Waals surface area contributed by atoms with Crippen molar-refractivity contribution in [2.24, 2.45) is 0 Å². The minimum atomic E-state index is -0.825. The molecule has 1 N–H and O–H groups in total. The molecule has 0 fully saturated rings. The summed E-state index contributed by atoms with van der Waals surface area (Å²) in [5.41, 5.74) is 0. The van der Waals surface area contributed by atoms with E-state index in [2.05, 4.69) is 5.92 Å². The van der Waals surface area contributed by atoms with Crippen LogP contribution >= 0.6 is 0 Å². The van der Waals surface area contributed by atoms with Gasteiger partial charge >= 0.3 is 5.97 Å². The molecule has 0 aliphatic rings. The summed E-state index contributed by atoms with van der Waals surface area (Å²) in [6, 6.07) is 0. The van der Waals surface area contributed by atoms with Crippen LogP contribution in [0.3, 0.4) is 0 Å². The molecule has 3 heteroatoms. The maximum absolute atomic E-state index is 10.2. The van der Waals surface area contributed by atoms with Gasteiger partial charge in [0.25, 0.3) is 0 Å². The molecule has 0 radical (unpaired) electrons. The highest BCUT2D eigenvalue weighted by Gasteiger charge is 2.05. The van der Waals surface area contributed by atoms with Crippen molar-refractivity contribution in [3.8, 4) is 12.3 Å². The van der Waals surface area contributed by atoms with Gasteiger partial charge in [-0.1, -0.05) is 12.8 Å². The Balaban J connectivity index is 3.70. The van der Waals surface area contributed by atoms with Gasteiger partial charge in [-0.25, -0.2) is 0 Å². The van der Waals surface area contributed by atoms with Crippen LogP contribution in [0.4, 0.5) is 0 Å². The first-order valence-corrected chi connectivity index (χ1v) is 3.58. The summed E-state index contributed by atoms with van der Waals surface area (Å²) >= 11 is 0. The van der Waals surface area contributed by atoms with Gasteiger partial charge in [0.05, 0.1) is 13.1 Å². The second-order valence-corrected chi connectivity index (χ2v) is 2.31. The number of hydrogen-bond acceptors (Lipinski definition) is 2. The zero-order chi connectivity index (χ0) is 8.69. The van der Waals surface area contributed by atoms with E-state index in [0.717, 1.165) is 13.0 Å². The molecule has 0 saturated heterocycles. The van der Waals surface area contributed by atoms with Gasteiger partial charge in [0.1, 0.15) is 0 Å². The summed E-state index contributed by atoms with van der Waals surface area (Å²) in [7, 11) is 0. The Bertz CT molecular complexity index is 160. The lowest BCUT2D eigenvalue weighted by molar-refractivity contribution is -0.138. The number of carboxylic acid groups (broad SMARTS) is 1. The van der Waals surface area contributed by atoms with E-state index in [1.54, 1.807) is 4.90 Å². The molecule has 0 unspecified atom stereocenters. The van der Waals surface area contributed by atoms with Crippen LogP contribution < -0.4 is 0 Å². The van der Waals surface area contributed by atoms with Gasteiger partial charge in [-0.2, -0.15) is 0 Å². The molecule has 0 saturated carbocycles. The highest BCUT2D eigenvalue weighted by atomic mass is 16.4. The van der Waals surface area contributed by atoms with E-state index in [9.17, 15) is 4.79 Å². The Morgan fingerprint density at radius 3 is 2.73 bits per heavy atom. The van der Waals surface area contributed by atoms with E-state index < -0.39 is 5.97 Å². The van der Waals surface area contributed by atoms with Crippen molar-refractivity contribution in [3.63, 3.8) is 0 Å². The van der Waals surface area contributed by atoms with Crippen LogP contribution in [-0.4, -0.2) is 35.6 Å². The molecule has 0 aromatic heterocycles. The molecule has 0 amide bonds. The Hall–Kier alpha value is -1.01. The molecular formula is C8H13NO2. The summed E-state index contributed by atoms with van der Waals surface area (Å²) in [6.07, 6.45) is 5.98. The van der Waals surface area contributed by atoms with E-state index in [4.69, 9.17) is 11.5 Å². The van der Waals surface area contributed by atoms with Crippen molar-refractivity contribution in [1.82, 2.24) is 4.90 Å². The van der Waals surface area contributed by atoms with Crippen LogP contribution in [0.5, 0.6) is 0 Å². The second-order valence-electron chi connectivity index (χ2n) is 2.31. The number of terminal acetylenes is 1. The Kier molecular flexibility index (Phi) is 5.22. The van der Waals surface area contributed by atoms with Crippen LogP contribution in [0.2, 0.25) is 0 Å². The molecule has 0 aliphatic carbocycles. The number of hydrogen-bond donors (Lipinski definition) is 1. The summed E-state index contributed by atoms with van der Waals surface area (Å²) < 4.78 is 0. The van der Waals surface area contributed by atoms with Gasteiger partial charge < -0.3 is 5.11 Å². The molecule has 0 rings (SSSR count). The molecule has 0 aromatic carbocycles. The number of nitrogens with zero attached hydrogens (tertiary/aromatic N) is 1. The van der Waals surface area contributed by atoms with E-state index in [-0.39, 0.29) is 6.54 Å². The first-order valence-electron chi connectivity index (χ1n) is 3.58. The Labute approximate surface area is 67.0 Å². The largest absolute Gasteiger partial charge is 0.480 e. The minimum absolute atomic E-state index is 0.0397. The molecule has 0 bridgehead atoms. The third-order valence-corrected chi connectivity index (χ3v) is 1.21. The molecule has 0 atom stereocenters. The predicted octanol–water partition coefficient (Wildman–Crippen LogP) is 0.416. The maximum Gasteiger partial charge on any atom is 0.317 e. The van der Waals surface area contributed by atoms with Crippen molar-refractivity contribution in [1.29, 1.82) is 0 Å². The number of carboxylic acids is 1. The van der Waals surface area contributed by atoms with Crippen molar-refractivity contribution in [2.75, 3.05) is 19.6 Å². The SMILES string of the molecule is C#CCN(CCC)CC(=O)O. The molecule has 0 aliphatic heterocycles. The van der Waals surface area contributed by atoms with Crippen LogP contribution in [0.1, 0.15) is 13.3 Å². The van der Waals surface area contributed by atoms with E-state index >= 15 is 0 Å².